The van der Waals surface area contributed by atoms with Crippen LogP contribution >= 0.6 is 0 Å². The second-order valence-electron chi connectivity index (χ2n) is 15.6. The van der Waals surface area contributed by atoms with Crippen LogP contribution in [0.4, 0.5) is 0 Å². The van der Waals surface area contributed by atoms with Crippen LogP contribution in [0.3, 0.4) is 0 Å². The molecule has 4 aliphatic carbocycles. The molecule has 11 heteroatoms. The number of hydrogen-bond acceptors (Lipinski definition) is 11. The highest BCUT2D eigenvalue weighted by molar-refractivity contribution is 5.95. The number of aliphatic hydroxyl groups is 8. The summed E-state index contributed by atoms with van der Waals surface area (Å²) in [6, 6.07) is 0. The van der Waals surface area contributed by atoms with Crippen LogP contribution in [0.15, 0.2) is 11.6 Å². The molecular formula is C33H54O11. The first-order chi connectivity index (χ1) is 20.4. The van der Waals surface area contributed by atoms with Crippen LogP contribution in [-0.2, 0) is 14.3 Å². The van der Waals surface area contributed by atoms with Crippen molar-refractivity contribution in [2.45, 2.75) is 146 Å². The lowest BCUT2D eigenvalue weighted by atomic mass is 9.45. The van der Waals surface area contributed by atoms with Gasteiger partial charge in [0.25, 0.3) is 0 Å². The van der Waals surface area contributed by atoms with Crippen molar-refractivity contribution < 1.29 is 55.1 Å². The molecule has 8 N–H and O–H groups in total. The van der Waals surface area contributed by atoms with Gasteiger partial charge in [0.05, 0.1) is 36.1 Å². The van der Waals surface area contributed by atoms with E-state index < -0.39 is 83.6 Å². The van der Waals surface area contributed by atoms with Gasteiger partial charge < -0.3 is 50.3 Å². The summed E-state index contributed by atoms with van der Waals surface area (Å²) >= 11 is 0. The normalized spacial score (nSPS) is 49.5. The minimum Gasteiger partial charge on any atom is -0.394 e. The molecule has 1 aliphatic heterocycles. The maximum Gasteiger partial charge on any atom is 0.187 e. The molecule has 4 fully saturated rings. The van der Waals surface area contributed by atoms with Crippen molar-refractivity contribution >= 4 is 5.78 Å². The molecule has 3 unspecified atom stereocenters. The van der Waals surface area contributed by atoms with Gasteiger partial charge in [-0.25, -0.2) is 0 Å². The van der Waals surface area contributed by atoms with E-state index in [9.17, 15) is 45.6 Å². The maximum absolute atomic E-state index is 13.9. The van der Waals surface area contributed by atoms with Crippen molar-refractivity contribution in [3.63, 3.8) is 0 Å². The number of fused-ring (bicyclic) bond motifs is 5. The molecular weight excluding hydrogens is 572 g/mol. The summed E-state index contributed by atoms with van der Waals surface area (Å²) in [4.78, 5) is 13.9. The lowest BCUT2D eigenvalue weighted by molar-refractivity contribution is -0.322. The summed E-state index contributed by atoms with van der Waals surface area (Å²) in [5.74, 6) is -0.913. The third kappa shape index (κ3) is 5.23. The molecule has 0 bridgehead atoms. The smallest absolute Gasteiger partial charge is 0.187 e. The average Bonchev–Trinajstić information content (AvgIpc) is 3.24. The van der Waals surface area contributed by atoms with Crippen LogP contribution in [0, 0.1) is 34.5 Å². The lowest BCUT2D eigenvalue weighted by Crippen LogP contribution is -2.64. The van der Waals surface area contributed by atoms with E-state index in [-0.39, 0.29) is 30.5 Å². The molecule has 0 spiro atoms. The Kier molecular flexibility index (Phi) is 9.30. The highest BCUT2D eigenvalue weighted by Crippen LogP contribution is 2.68. The highest BCUT2D eigenvalue weighted by Gasteiger charge is 2.69. The predicted molar refractivity (Wildman–Crippen MR) is 158 cm³/mol. The number of ether oxygens (including phenoxy) is 2. The van der Waals surface area contributed by atoms with Crippen LogP contribution in [0.2, 0.25) is 0 Å². The second kappa shape index (κ2) is 11.9. The molecule has 0 radical (unpaired) electrons. The molecule has 1 saturated heterocycles. The molecule has 252 valence electrons. The van der Waals surface area contributed by atoms with Crippen molar-refractivity contribution in [1.29, 1.82) is 0 Å². The van der Waals surface area contributed by atoms with Gasteiger partial charge >= 0.3 is 0 Å². The second-order valence-corrected chi connectivity index (χ2v) is 15.6. The Morgan fingerprint density at radius 1 is 1.05 bits per heavy atom. The fourth-order valence-electron chi connectivity index (χ4n) is 9.81. The Bertz CT molecular complexity index is 1110. The molecule has 0 aromatic rings. The molecule has 44 heavy (non-hydrogen) atoms. The molecule has 5 rings (SSSR count). The summed E-state index contributed by atoms with van der Waals surface area (Å²) in [7, 11) is 0. The number of rotatable bonds is 8. The minimum atomic E-state index is -1.62. The Hall–Kier alpha value is -0.990. The van der Waals surface area contributed by atoms with Gasteiger partial charge in [0.1, 0.15) is 24.4 Å². The van der Waals surface area contributed by atoms with E-state index in [1.54, 1.807) is 13.0 Å². The molecule has 15 atom stereocenters. The van der Waals surface area contributed by atoms with Gasteiger partial charge in [-0.3, -0.25) is 4.79 Å². The summed E-state index contributed by atoms with van der Waals surface area (Å²) in [5.41, 5.74) is -3.55. The van der Waals surface area contributed by atoms with E-state index >= 15 is 0 Å². The van der Waals surface area contributed by atoms with Crippen LogP contribution in [0.25, 0.3) is 0 Å². The topological polar surface area (TPSA) is 197 Å². The van der Waals surface area contributed by atoms with E-state index in [0.717, 1.165) is 6.42 Å². The molecule has 1 heterocycles. The van der Waals surface area contributed by atoms with Gasteiger partial charge in [-0.05, 0) is 93.1 Å². The van der Waals surface area contributed by atoms with Crippen molar-refractivity contribution in [3.8, 4) is 0 Å². The van der Waals surface area contributed by atoms with E-state index in [1.165, 1.54) is 0 Å². The van der Waals surface area contributed by atoms with E-state index in [2.05, 4.69) is 13.8 Å². The fourth-order valence-corrected chi connectivity index (χ4v) is 9.81. The maximum atomic E-state index is 13.9. The zero-order chi connectivity index (χ0) is 32.6. The molecule has 11 nitrogen and oxygen atoms in total. The number of allylic oxidation sites excluding steroid dienone is 1. The summed E-state index contributed by atoms with van der Waals surface area (Å²) in [6.45, 7) is 9.17. The van der Waals surface area contributed by atoms with Crippen LogP contribution in [0.5, 0.6) is 0 Å². The molecule has 5 aliphatic rings. The quantitative estimate of drug-likeness (QED) is 0.187. The Labute approximate surface area is 259 Å². The van der Waals surface area contributed by atoms with Crippen molar-refractivity contribution in [1.82, 2.24) is 0 Å². The van der Waals surface area contributed by atoms with Crippen molar-refractivity contribution in [3.05, 3.63) is 11.6 Å². The highest BCUT2D eigenvalue weighted by atomic mass is 16.7. The largest absolute Gasteiger partial charge is 0.394 e. The lowest BCUT2D eigenvalue weighted by Gasteiger charge is -2.61. The van der Waals surface area contributed by atoms with Crippen LogP contribution < -0.4 is 0 Å². The standard InChI is InChI=1S/C33H54O11/c1-16(2)6-7-25(37)32(5,41)24-9-11-33(42)18-12-20(35)19-13-22(43-29-28(40)27(39)26(38)23(15-34)44-29)21(36)14-30(19,3)17(18)8-10-31(24,33)4/h12,16-17,19,21-29,34,36-42H,6-11,13-15H2,1-5H3/t17?,19-,21-,22+,23+,24-,25?,26+,27+,28+,29+,30+,31+,32+,33?/m0/s1. The Morgan fingerprint density at radius 2 is 1.73 bits per heavy atom. The molecule has 0 aromatic heterocycles. The first kappa shape index (κ1) is 34.3. The molecule has 3 saturated carbocycles. The zero-order valence-corrected chi connectivity index (χ0v) is 26.7. The number of carbonyl (C=O) groups excluding carboxylic acids is 1. The third-order valence-corrected chi connectivity index (χ3v) is 12.6. The molecule has 0 aromatic carbocycles. The minimum absolute atomic E-state index is 0.126. The SMILES string of the molecule is CC(C)CCC(O)[C@](C)(O)[C@H]1CCC2(O)C3=CC(=O)[C@@H]4C[C@@H](O[C@@H]5O[C@H](CO)[C@@H](O)[C@@H](O)[C@H]5O)[C@@H](O)C[C@]4(C)C3CC[C@]12C. The van der Waals surface area contributed by atoms with Gasteiger partial charge in [-0.2, -0.15) is 0 Å². The van der Waals surface area contributed by atoms with E-state index in [1.807, 2.05) is 13.8 Å². The van der Waals surface area contributed by atoms with Crippen molar-refractivity contribution in [2.75, 3.05) is 6.61 Å². The van der Waals surface area contributed by atoms with Gasteiger partial charge in [-0.15, -0.1) is 0 Å². The van der Waals surface area contributed by atoms with E-state index in [4.69, 9.17) is 9.47 Å². The Morgan fingerprint density at radius 3 is 2.36 bits per heavy atom. The summed E-state index contributed by atoms with van der Waals surface area (Å²) < 4.78 is 11.4. The van der Waals surface area contributed by atoms with Crippen LogP contribution in [0.1, 0.15) is 86.0 Å². The number of aliphatic hydroxyl groups excluding tert-OH is 6. The summed E-state index contributed by atoms with van der Waals surface area (Å²) in [6.07, 6.45) is -5.04. The first-order valence-electron chi connectivity index (χ1n) is 16.4. The fraction of sp³-hybridized carbons (Fsp3) is 0.909. The number of carbonyl (C=O) groups is 1. The van der Waals surface area contributed by atoms with Crippen molar-refractivity contribution in [2.24, 2.45) is 34.5 Å². The van der Waals surface area contributed by atoms with Crippen LogP contribution in [-0.4, -0.2) is 113 Å². The molecule has 0 amide bonds. The Balaban J connectivity index is 1.38. The average molecular weight is 627 g/mol. The predicted octanol–water partition coefficient (Wildman–Crippen LogP) is 0.563. The van der Waals surface area contributed by atoms with Gasteiger partial charge in [0, 0.05) is 11.3 Å². The number of hydrogen-bond donors (Lipinski definition) is 8. The number of ketones is 1. The van der Waals surface area contributed by atoms with Gasteiger partial charge in [0.15, 0.2) is 12.1 Å². The van der Waals surface area contributed by atoms with E-state index in [0.29, 0.717) is 43.6 Å². The summed E-state index contributed by atoms with van der Waals surface area (Å²) in [5, 5.41) is 86.9. The first-order valence-corrected chi connectivity index (χ1v) is 16.4. The monoisotopic (exact) mass is 626 g/mol. The van der Waals surface area contributed by atoms with Gasteiger partial charge in [-0.1, -0.05) is 27.7 Å². The zero-order valence-electron chi connectivity index (χ0n) is 26.7. The third-order valence-electron chi connectivity index (χ3n) is 12.6. The van der Waals surface area contributed by atoms with Gasteiger partial charge in [0.2, 0.25) is 0 Å².